The first kappa shape index (κ1) is 20.8. The molecule has 0 saturated carbocycles. The second-order valence-electron chi connectivity index (χ2n) is 8.47. The highest BCUT2D eigenvalue weighted by Crippen LogP contribution is 2.32. The van der Waals surface area contributed by atoms with Gasteiger partial charge < -0.3 is 0 Å². The number of nitrogens with one attached hydrogen (secondary N) is 1. The first-order valence-electron chi connectivity index (χ1n) is 10.3. The highest BCUT2D eigenvalue weighted by Gasteiger charge is 2.35. The van der Waals surface area contributed by atoms with E-state index in [0.29, 0.717) is 41.9 Å². The van der Waals surface area contributed by atoms with Gasteiger partial charge in [0.1, 0.15) is 0 Å². The van der Waals surface area contributed by atoms with Crippen molar-refractivity contribution in [1.29, 1.82) is 0 Å². The molecule has 6 nitrogen and oxygen atoms in total. The van der Waals surface area contributed by atoms with Crippen molar-refractivity contribution in [2.75, 3.05) is 26.2 Å². The van der Waals surface area contributed by atoms with Gasteiger partial charge in [-0.2, -0.15) is 4.31 Å². The second kappa shape index (κ2) is 8.38. The zero-order valence-electron chi connectivity index (χ0n) is 16.7. The van der Waals surface area contributed by atoms with Crippen LogP contribution in [-0.4, -0.2) is 49.8 Å². The number of nitrogens with zero attached hydrogens (tertiary/aromatic N) is 2. The predicted molar refractivity (Wildman–Crippen MR) is 113 cm³/mol. The van der Waals surface area contributed by atoms with Crippen molar-refractivity contribution in [3.8, 4) is 0 Å². The van der Waals surface area contributed by atoms with Crippen LogP contribution < -0.4 is 5.43 Å². The lowest BCUT2D eigenvalue weighted by Gasteiger charge is -2.32. The third kappa shape index (κ3) is 4.38. The Labute approximate surface area is 177 Å². The molecule has 8 heteroatoms. The summed E-state index contributed by atoms with van der Waals surface area (Å²) in [7, 11) is -3.62. The van der Waals surface area contributed by atoms with Gasteiger partial charge in [0.05, 0.1) is 4.90 Å². The Morgan fingerprint density at radius 1 is 1.28 bits per heavy atom. The molecule has 3 atom stereocenters. The maximum Gasteiger partial charge on any atom is 0.243 e. The molecule has 1 aromatic carbocycles. The molecule has 1 amide bonds. The summed E-state index contributed by atoms with van der Waals surface area (Å²) in [5.74, 6) is 1.18. The van der Waals surface area contributed by atoms with Gasteiger partial charge in [-0.05, 0) is 61.6 Å². The number of allylic oxidation sites excluding steroid dienone is 1. The lowest BCUT2D eigenvalue weighted by atomic mass is 9.96. The van der Waals surface area contributed by atoms with Crippen molar-refractivity contribution in [2.24, 2.45) is 17.8 Å². The molecule has 2 saturated heterocycles. The van der Waals surface area contributed by atoms with Crippen LogP contribution in [0.4, 0.5) is 0 Å². The standard InChI is InChI=1S/C21H28ClN3O3S/c1-15-19(22)8-3-9-20(15)29(27,28)25-10-4-5-16(12-25)11-21(26)23-24-13-17-6-2-7-18(17)14-24/h2-3,6,8-9,16-18H,4-5,7,10-14H2,1H3,(H,23,26). The molecule has 158 valence electrons. The third-order valence-corrected chi connectivity index (χ3v) is 8.81. The fourth-order valence-electron chi connectivity index (χ4n) is 4.79. The zero-order chi connectivity index (χ0) is 20.6. The van der Waals surface area contributed by atoms with Crippen LogP contribution in [0.2, 0.25) is 5.02 Å². The highest BCUT2D eigenvalue weighted by molar-refractivity contribution is 7.89. The fourth-order valence-corrected chi connectivity index (χ4v) is 6.82. The number of carbonyl (C=O) groups is 1. The Morgan fingerprint density at radius 2 is 2.10 bits per heavy atom. The lowest BCUT2D eigenvalue weighted by molar-refractivity contribution is -0.126. The van der Waals surface area contributed by atoms with Gasteiger partial charge in [0.15, 0.2) is 0 Å². The van der Waals surface area contributed by atoms with Crippen LogP contribution in [0.3, 0.4) is 0 Å². The minimum Gasteiger partial charge on any atom is -0.289 e. The molecule has 1 N–H and O–H groups in total. The molecule has 1 aliphatic carbocycles. The number of sulfonamides is 1. The Bertz CT molecular complexity index is 918. The topological polar surface area (TPSA) is 69.7 Å². The summed E-state index contributed by atoms with van der Waals surface area (Å²) < 4.78 is 27.8. The van der Waals surface area contributed by atoms with Crippen molar-refractivity contribution in [3.05, 3.63) is 40.9 Å². The molecule has 4 rings (SSSR count). The first-order chi connectivity index (χ1) is 13.8. The second-order valence-corrected chi connectivity index (χ2v) is 10.8. The van der Waals surface area contributed by atoms with Crippen molar-refractivity contribution in [3.63, 3.8) is 0 Å². The number of hydrogen-bond donors (Lipinski definition) is 1. The molecule has 2 heterocycles. The van der Waals surface area contributed by atoms with Crippen LogP contribution in [0.1, 0.15) is 31.2 Å². The molecule has 1 aromatic rings. The van der Waals surface area contributed by atoms with Crippen molar-refractivity contribution >= 4 is 27.5 Å². The zero-order valence-corrected chi connectivity index (χ0v) is 18.3. The minimum absolute atomic E-state index is 0.0165. The normalized spacial score (nSPS) is 27.9. The number of carbonyl (C=O) groups excluding carboxylic acids is 1. The van der Waals surface area contributed by atoms with E-state index >= 15 is 0 Å². The molecule has 0 bridgehead atoms. The third-order valence-electron chi connectivity index (χ3n) is 6.39. The van der Waals surface area contributed by atoms with Crippen molar-refractivity contribution in [1.82, 2.24) is 14.7 Å². The fraction of sp³-hybridized carbons (Fsp3) is 0.571. The Kier molecular flexibility index (Phi) is 6.02. The van der Waals surface area contributed by atoms with E-state index in [1.165, 1.54) is 4.31 Å². The number of halogens is 1. The maximum absolute atomic E-state index is 13.1. The van der Waals surface area contributed by atoms with E-state index in [1.807, 2.05) is 5.01 Å². The summed E-state index contributed by atoms with van der Waals surface area (Å²) in [6, 6.07) is 4.96. The molecule has 0 radical (unpaired) electrons. The average Bonchev–Trinajstić information content (AvgIpc) is 3.25. The SMILES string of the molecule is Cc1c(Cl)cccc1S(=O)(=O)N1CCCC(CC(=O)NN2CC3C=CCC3C2)C1. The van der Waals surface area contributed by atoms with E-state index in [9.17, 15) is 13.2 Å². The predicted octanol–water partition coefficient (Wildman–Crippen LogP) is 2.98. The number of fused-ring (bicyclic) bond motifs is 1. The Hall–Kier alpha value is -1.41. The largest absolute Gasteiger partial charge is 0.289 e. The van der Waals surface area contributed by atoms with Crippen LogP contribution >= 0.6 is 11.6 Å². The quantitative estimate of drug-likeness (QED) is 0.719. The van der Waals surface area contributed by atoms with E-state index in [1.54, 1.807) is 25.1 Å². The van der Waals surface area contributed by atoms with Gasteiger partial charge in [0.25, 0.3) is 0 Å². The summed E-state index contributed by atoms with van der Waals surface area (Å²) in [5.41, 5.74) is 3.60. The van der Waals surface area contributed by atoms with Gasteiger partial charge in [-0.3, -0.25) is 10.2 Å². The molecular formula is C21H28ClN3O3S. The summed E-state index contributed by atoms with van der Waals surface area (Å²) >= 11 is 6.13. The van der Waals surface area contributed by atoms with E-state index in [4.69, 9.17) is 11.6 Å². The number of rotatable bonds is 5. The molecule has 3 unspecified atom stereocenters. The van der Waals surface area contributed by atoms with Crippen LogP contribution in [0.15, 0.2) is 35.2 Å². The van der Waals surface area contributed by atoms with Gasteiger partial charge in [-0.15, -0.1) is 0 Å². The summed E-state index contributed by atoms with van der Waals surface area (Å²) in [6.45, 7) is 4.34. The summed E-state index contributed by atoms with van der Waals surface area (Å²) in [4.78, 5) is 12.8. The van der Waals surface area contributed by atoms with Gasteiger partial charge in [0.2, 0.25) is 15.9 Å². The summed E-state index contributed by atoms with van der Waals surface area (Å²) in [5, 5.41) is 2.47. The first-order valence-corrected chi connectivity index (χ1v) is 12.1. The molecule has 0 spiro atoms. The molecule has 3 aliphatic rings. The Morgan fingerprint density at radius 3 is 2.90 bits per heavy atom. The maximum atomic E-state index is 13.1. The molecule has 0 aromatic heterocycles. The Balaban J connectivity index is 1.36. The smallest absolute Gasteiger partial charge is 0.243 e. The lowest BCUT2D eigenvalue weighted by Crippen LogP contribution is -2.44. The number of benzene rings is 1. The number of hydrogen-bond acceptors (Lipinski definition) is 4. The number of hydrazine groups is 1. The molecule has 29 heavy (non-hydrogen) atoms. The van der Waals surface area contributed by atoms with Gasteiger partial charge >= 0.3 is 0 Å². The molecule has 2 aliphatic heterocycles. The van der Waals surface area contributed by atoms with Gasteiger partial charge in [-0.25, -0.2) is 13.4 Å². The van der Waals surface area contributed by atoms with Crippen LogP contribution in [0.25, 0.3) is 0 Å². The monoisotopic (exact) mass is 437 g/mol. The minimum atomic E-state index is -3.62. The van der Waals surface area contributed by atoms with Crippen LogP contribution in [0.5, 0.6) is 0 Å². The summed E-state index contributed by atoms with van der Waals surface area (Å²) in [6.07, 6.45) is 7.54. The number of amides is 1. The van der Waals surface area contributed by atoms with E-state index in [0.717, 1.165) is 32.4 Å². The number of piperidine rings is 1. The average molecular weight is 438 g/mol. The molecule has 2 fully saturated rings. The highest BCUT2D eigenvalue weighted by atomic mass is 35.5. The van der Waals surface area contributed by atoms with Crippen LogP contribution in [0, 0.1) is 24.7 Å². The molecular weight excluding hydrogens is 410 g/mol. The van der Waals surface area contributed by atoms with Gasteiger partial charge in [-0.1, -0.05) is 29.8 Å². The van der Waals surface area contributed by atoms with Crippen molar-refractivity contribution in [2.45, 2.75) is 37.5 Å². The van der Waals surface area contributed by atoms with Crippen molar-refractivity contribution < 1.29 is 13.2 Å². The van der Waals surface area contributed by atoms with Crippen LogP contribution in [-0.2, 0) is 14.8 Å². The van der Waals surface area contributed by atoms with E-state index < -0.39 is 10.0 Å². The van der Waals surface area contributed by atoms with Gasteiger partial charge in [0, 0.05) is 37.6 Å². The van der Waals surface area contributed by atoms with E-state index in [2.05, 4.69) is 17.6 Å². The van der Waals surface area contributed by atoms with E-state index in [-0.39, 0.29) is 16.7 Å².